The number of carboxylic acid groups (broad SMARTS) is 1. The van der Waals surface area contributed by atoms with Crippen molar-refractivity contribution in [2.24, 2.45) is 21.5 Å². The lowest BCUT2D eigenvalue weighted by molar-refractivity contribution is -0.138. The predicted molar refractivity (Wildman–Crippen MR) is 306 cm³/mol. The average Bonchev–Trinajstić information content (AvgIpc) is 4.25. The molecule has 3 aliphatic rings. The normalized spacial score (nSPS) is 23.5. The molecule has 0 aliphatic carbocycles. The van der Waals surface area contributed by atoms with E-state index in [-0.39, 0.29) is 69.2 Å². The number of fused-ring (bicyclic) bond motifs is 2. The molecule has 0 bridgehead atoms. The number of H-pyrrole nitrogens is 1. The van der Waals surface area contributed by atoms with Crippen LogP contribution in [0.4, 0.5) is 4.79 Å². The van der Waals surface area contributed by atoms with Crippen molar-refractivity contribution >= 4 is 121 Å². The average molecular weight is 1170 g/mol. The number of guanidine groups is 1. The van der Waals surface area contributed by atoms with E-state index in [0.29, 0.717) is 16.0 Å². The fraction of sp³-hybridized carbons (Fsp3) is 0.415. The standard InChI is InChI=1S/C53H65N15O12S2/c1-28(69)41-25-81-82-26-42(61-43(70)24-68-44(71)23-59-53(68)80)51(79)63-37(14-15-45(72)73)47(75)66-40(20-33-22-56-27-60-33)50(78)64-38(18-29-12-13-30-7-2-3-8-31(30)17-29)48(76)62-36(11-6-16-57-52(54)55)46(74)65-39(49(77)67-41)19-32-21-58-35-10-5-4-9-34(32)35/h2-5,7-10,12-13,17,21,27,33,36-42,58H,6,11,14-16,18-20,22-26H2,1H3,(H,56,60)(H,59,80)(H,61,70)(H,62,76)(H,63,79)(H,64,78)(H,65,74)(H,66,75)(H,67,77)(H,72,73)(H4,54,55,57)/t33?,36-,37-,38+,39-,40-,41-,42-/m0/s1. The first-order valence-electron chi connectivity index (χ1n) is 26.3. The summed E-state index contributed by atoms with van der Waals surface area (Å²) in [5, 5.41) is 36.2. The molecule has 27 nitrogen and oxygen atoms in total. The van der Waals surface area contributed by atoms with Gasteiger partial charge in [0.2, 0.25) is 41.4 Å². The molecular formula is C53H65N15O12S2. The Bertz CT molecular complexity index is 3110. The highest BCUT2D eigenvalue weighted by atomic mass is 33.1. The van der Waals surface area contributed by atoms with Crippen LogP contribution in [-0.2, 0) is 60.8 Å². The van der Waals surface area contributed by atoms with Gasteiger partial charge in [-0.25, -0.2) is 4.79 Å². The molecule has 0 saturated carbocycles. The number of aromatic amines is 1. The SMILES string of the molecule is CC(=O)[C@@H]1CSSC[C@H](NC(=O)CN2C(=O)CNC2=O)C(=O)N[C@@H](CCC(=O)O)C(=O)N[C@@H](CC2CN=CN2)C(=O)N[C@H](Cc2ccc3ccccc3c2)C(=O)N[C@@H](CCCN=C(N)N)C(=O)N[C@@H](Cc2c[nH]c3ccccc23)C(=O)N1. The number of nitrogens with one attached hydrogen (secondary N) is 10. The Labute approximate surface area is 477 Å². The fourth-order valence-electron chi connectivity index (χ4n) is 9.21. The summed E-state index contributed by atoms with van der Waals surface area (Å²) in [6.45, 7) is 0.288. The number of hydrogen-bond donors (Lipinski definition) is 13. The molecule has 4 heterocycles. The van der Waals surface area contributed by atoms with Gasteiger partial charge < -0.3 is 69.4 Å². The zero-order valence-electron chi connectivity index (χ0n) is 44.6. The van der Waals surface area contributed by atoms with Crippen LogP contribution >= 0.6 is 21.6 Å². The van der Waals surface area contributed by atoms with Crippen LogP contribution in [0, 0.1) is 0 Å². The van der Waals surface area contributed by atoms with E-state index in [2.05, 4.69) is 62.8 Å². The molecule has 436 valence electrons. The van der Waals surface area contributed by atoms with Crippen molar-refractivity contribution in [3.05, 3.63) is 84.1 Å². The Hall–Kier alpha value is -8.73. The number of urea groups is 1. The molecule has 0 radical (unpaired) electrons. The molecule has 15 N–H and O–H groups in total. The van der Waals surface area contributed by atoms with Crippen LogP contribution in [0.25, 0.3) is 21.7 Å². The Morgan fingerprint density at radius 2 is 1.38 bits per heavy atom. The first kappa shape index (κ1) is 60.9. The number of nitrogens with zero attached hydrogens (tertiary/aromatic N) is 3. The van der Waals surface area contributed by atoms with Crippen LogP contribution in [0.15, 0.2) is 82.9 Å². The molecule has 2 fully saturated rings. The number of aliphatic imine (C=N–C) groups is 2. The summed E-state index contributed by atoms with van der Waals surface area (Å²) >= 11 is 0. The number of carboxylic acids is 1. The zero-order valence-corrected chi connectivity index (χ0v) is 46.2. The van der Waals surface area contributed by atoms with Gasteiger partial charge >= 0.3 is 12.0 Å². The van der Waals surface area contributed by atoms with Gasteiger partial charge in [0.05, 0.1) is 25.5 Å². The third kappa shape index (κ3) is 17.4. The number of imide groups is 1. The van der Waals surface area contributed by atoms with Crippen molar-refractivity contribution in [1.29, 1.82) is 0 Å². The predicted octanol–water partition coefficient (Wildman–Crippen LogP) is -1.66. The molecule has 7 rings (SSSR count). The molecular weight excluding hydrogens is 1100 g/mol. The lowest BCUT2D eigenvalue weighted by Crippen LogP contribution is -2.61. The lowest BCUT2D eigenvalue weighted by atomic mass is 9.99. The summed E-state index contributed by atoms with van der Waals surface area (Å²) in [5.41, 5.74) is 13.2. The van der Waals surface area contributed by atoms with Gasteiger partial charge in [0.25, 0.3) is 5.91 Å². The van der Waals surface area contributed by atoms with Crippen molar-refractivity contribution in [2.75, 3.05) is 37.7 Å². The molecule has 3 aromatic carbocycles. The fourth-order valence-corrected chi connectivity index (χ4v) is 11.6. The van der Waals surface area contributed by atoms with Gasteiger partial charge in [-0.05, 0) is 60.6 Å². The quantitative estimate of drug-likeness (QED) is 0.0185. The molecule has 2 saturated heterocycles. The number of benzene rings is 3. The molecule has 10 amide bonds. The molecule has 1 aromatic heterocycles. The second kappa shape index (κ2) is 29.1. The molecule has 8 atom stereocenters. The minimum Gasteiger partial charge on any atom is -0.481 e. The summed E-state index contributed by atoms with van der Waals surface area (Å²) in [6.07, 6.45) is 1.57. The van der Waals surface area contributed by atoms with E-state index in [1.165, 1.54) is 13.3 Å². The van der Waals surface area contributed by atoms with Crippen molar-refractivity contribution in [1.82, 2.24) is 57.7 Å². The van der Waals surface area contributed by atoms with Crippen molar-refractivity contribution in [3.63, 3.8) is 0 Å². The summed E-state index contributed by atoms with van der Waals surface area (Å²) < 4.78 is 0. The number of aliphatic carboxylic acids is 1. The molecule has 0 spiro atoms. The van der Waals surface area contributed by atoms with E-state index in [1.54, 1.807) is 18.3 Å². The van der Waals surface area contributed by atoms with Crippen LogP contribution in [-0.4, -0.2) is 178 Å². The third-order valence-electron chi connectivity index (χ3n) is 13.6. The summed E-state index contributed by atoms with van der Waals surface area (Å²) in [5.74, 6) is -9.53. The smallest absolute Gasteiger partial charge is 0.325 e. The Kier molecular flexibility index (Phi) is 21.6. The topological polar surface area (TPSA) is 412 Å². The van der Waals surface area contributed by atoms with Gasteiger partial charge in [0.1, 0.15) is 42.8 Å². The minimum atomic E-state index is -1.67. The monoisotopic (exact) mass is 1170 g/mol. The van der Waals surface area contributed by atoms with E-state index < -0.39 is 133 Å². The largest absolute Gasteiger partial charge is 0.481 e. The number of para-hydroxylation sites is 1. The highest BCUT2D eigenvalue weighted by Gasteiger charge is 2.37. The van der Waals surface area contributed by atoms with Gasteiger partial charge in [-0.2, -0.15) is 0 Å². The maximum Gasteiger partial charge on any atom is 0.325 e. The number of hydrogen-bond acceptors (Lipinski definition) is 16. The maximum absolute atomic E-state index is 15.0. The summed E-state index contributed by atoms with van der Waals surface area (Å²) in [4.78, 5) is 164. The number of carbonyl (C=O) groups excluding carboxylic acids is 10. The summed E-state index contributed by atoms with van der Waals surface area (Å²) in [6, 6.07) is 8.59. The molecule has 82 heavy (non-hydrogen) atoms. The minimum absolute atomic E-state index is 0.0358. The van der Waals surface area contributed by atoms with Crippen LogP contribution in [0.5, 0.6) is 0 Å². The van der Waals surface area contributed by atoms with Crippen molar-refractivity contribution < 1.29 is 57.8 Å². The van der Waals surface area contributed by atoms with Crippen LogP contribution in [0.1, 0.15) is 50.2 Å². The van der Waals surface area contributed by atoms with Gasteiger partial charge in [0, 0.05) is 60.5 Å². The Morgan fingerprint density at radius 1 is 0.744 bits per heavy atom. The second-order valence-corrected chi connectivity index (χ2v) is 22.3. The lowest BCUT2D eigenvalue weighted by Gasteiger charge is -2.28. The van der Waals surface area contributed by atoms with Crippen molar-refractivity contribution in [3.8, 4) is 0 Å². The van der Waals surface area contributed by atoms with E-state index in [4.69, 9.17) is 11.5 Å². The number of ketones is 1. The number of aromatic nitrogens is 1. The van der Waals surface area contributed by atoms with E-state index in [9.17, 15) is 57.8 Å². The highest BCUT2D eigenvalue weighted by Crippen LogP contribution is 2.25. The molecule has 29 heteroatoms. The number of carbonyl (C=O) groups is 11. The number of amides is 10. The second-order valence-electron chi connectivity index (χ2n) is 19.7. The number of Topliss-reactive ketones (excluding diaryl/α,β-unsaturated/α-hetero) is 1. The van der Waals surface area contributed by atoms with Gasteiger partial charge in [-0.3, -0.25) is 62.8 Å². The highest BCUT2D eigenvalue weighted by molar-refractivity contribution is 8.76. The van der Waals surface area contributed by atoms with E-state index in [1.807, 2.05) is 54.6 Å². The first-order valence-corrected chi connectivity index (χ1v) is 28.8. The van der Waals surface area contributed by atoms with Crippen LogP contribution in [0.2, 0.25) is 0 Å². The maximum atomic E-state index is 15.0. The molecule has 3 aliphatic heterocycles. The van der Waals surface area contributed by atoms with Crippen molar-refractivity contribution in [2.45, 2.75) is 100 Å². The van der Waals surface area contributed by atoms with E-state index in [0.717, 1.165) is 43.3 Å². The summed E-state index contributed by atoms with van der Waals surface area (Å²) in [7, 11) is 1.97. The Morgan fingerprint density at radius 3 is 2.07 bits per heavy atom. The molecule has 1 unspecified atom stereocenters. The van der Waals surface area contributed by atoms with Crippen LogP contribution < -0.4 is 59.3 Å². The van der Waals surface area contributed by atoms with Crippen LogP contribution in [0.3, 0.4) is 0 Å². The van der Waals surface area contributed by atoms with Gasteiger partial charge in [0.15, 0.2) is 11.7 Å². The number of rotatable bonds is 17. The Balaban J connectivity index is 1.28. The first-order chi connectivity index (χ1) is 39.3. The zero-order chi connectivity index (χ0) is 58.9. The van der Waals surface area contributed by atoms with E-state index >= 15 is 0 Å². The van der Waals surface area contributed by atoms with Gasteiger partial charge in [-0.15, -0.1) is 0 Å². The third-order valence-corrected chi connectivity index (χ3v) is 16.0. The van der Waals surface area contributed by atoms with Gasteiger partial charge in [-0.1, -0.05) is 82.3 Å². The molecule has 4 aromatic rings. The number of nitrogens with two attached hydrogens (primary N) is 2.